The lowest BCUT2D eigenvalue weighted by molar-refractivity contribution is -0.0711. The first kappa shape index (κ1) is 15.5. The van der Waals surface area contributed by atoms with Gasteiger partial charge in [0, 0.05) is 25.1 Å². The average Bonchev–Trinajstić information content (AvgIpc) is 2.47. The second-order valence-corrected chi connectivity index (χ2v) is 6.40. The van der Waals surface area contributed by atoms with Crippen LogP contribution in [0.2, 0.25) is 0 Å². The van der Waals surface area contributed by atoms with Crippen LogP contribution in [0.5, 0.6) is 0 Å². The number of hydrogen-bond acceptors (Lipinski definition) is 3. The molecule has 1 aromatic rings. The summed E-state index contributed by atoms with van der Waals surface area (Å²) in [5.74, 6) is 0. The molecule has 0 aliphatic carbocycles. The van der Waals surface area contributed by atoms with Crippen LogP contribution in [0, 0.1) is 5.41 Å². The molecule has 0 amide bonds. The molecule has 1 aliphatic rings. The third-order valence-electron chi connectivity index (χ3n) is 3.60. The van der Waals surface area contributed by atoms with Crippen molar-refractivity contribution in [2.45, 2.75) is 39.3 Å². The molecule has 0 spiro atoms. The fourth-order valence-electron chi connectivity index (χ4n) is 2.38. The lowest BCUT2D eigenvalue weighted by Gasteiger charge is -2.29. The Kier molecular flexibility index (Phi) is 6.02. The van der Waals surface area contributed by atoms with E-state index in [4.69, 9.17) is 9.47 Å². The van der Waals surface area contributed by atoms with Crippen LogP contribution >= 0.6 is 0 Å². The lowest BCUT2D eigenvalue weighted by atomic mass is 9.94. The molecule has 0 bridgehead atoms. The van der Waals surface area contributed by atoms with Crippen molar-refractivity contribution in [2.75, 3.05) is 26.4 Å². The third kappa shape index (κ3) is 5.61. The van der Waals surface area contributed by atoms with Crippen molar-refractivity contribution in [1.29, 1.82) is 0 Å². The van der Waals surface area contributed by atoms with E-state index in [1.165, 1.54) is 5.56 Å². The van der Waals surface area contributed by atoms with Gasteiger partial charge in [0.05, 0.1) is 19.3 Å². The Hall–Kier alpha value is -0.900. The van der Waals surface area contributed by atoms with Crippen molar-refractivity contribution >= 4 is 0 Å². The molecule has 0 aromatic heterocycles. The molecule has 1 N–H and O–H groups in total. The molecule has 20 heavy (non-hydrogen) atoms. The minimum Gasteiger partial charge on any atom is -0.379 e. The fourth-order valence-corrected chi connectivity index (χ4v) is 2.38. The molecule has 1 aromatic carbocycles. The summed E-state index contributed by atoms with van der Waals surface area (Å²) in [6, 6.07) is 10.5. The van der Waals surface area contributed by atoms with Crippen LogP contribution in [-0.2, 0) is 16.0 Å². The number of hydrogen-bond donors (Lipinski definition) is 1. The molecule has 2 rings (SSSR count). The molecule has 1 unspecified atom stereocenters. The van der Waals surface area contributed by atoms with E-state index >= 15 is 0 Å². The molecule has 0 saturated carbocycles. The number of benzene rings is 1. The van der Waals surface area contributed by atoms with Gasteiger partial charge in [-0.05, 0) is 18.4 Å². The molecular weight excluding hydrogens is 250 g/mol. The summed E-state index contributed by atoms with van der Waals surface area (Å²) in [7, 11) is 0. The van der Waals surface area contributed by atoms with Gasteiger partial charge < -0.3 is 14.8 Å². The second-order valence-electron chi connectivity index (χ2n) is 6.40. The van der Waals surface area contributed by atoms with Gasteiger partial charge in [-0.1, -0.05) is 44.2 Å². The summed E-state index contributed by atoms with van der Waals surface area (Å²) in [6.07, 6.45) is 2.54. The molecular formula is C17H27NO2. The van der Waals surface area contributed by atoms with Crippen molar-refractivity contribution in [3.05, 3.63) is 35.9 Å². The van der Waals surface area contributed by atoms with Crippen LogP contribution in [0.4, 0.5) is 0 Å². The van der Waals surface area contributed by atoms with Gasteiger partial charge in [-0.25, -0.2) is 0 Å². The first-order valence-electron chi connectivity index (χ1n) is 7.60. The van der Waals surface area contributed by atoms with Crippen LogP contribution in [0.1, 0.15) is 32.3 Å². The van der Waals surface area contributed by atoms with Crippen molar-refractivity contribution in [1.82, 2.24) is 5.32 Å². The van der Waals surface area contributed by atoms with Crippen molar-refractivity contribution in [2.24, 2.45) is 5.41 Å². The van der Waals surface area contributed by atoms with Gasteiger partial charge in [-0.3, -0.25) is 0 Å². The van der Waals surface area contributed by atoms with Crippen molar-refractivity contribution < 1.29 is 9.47 Å². The zero-order valence-electron chi connectivity index (χ0n) is 12.7. The SMILES string of the molecule is CC(C)(CNCc1ccccc1)COC1CCCOC1. The smallest absolute Gasteiger partial charge is 0.0809 e. The van der Waals surface area contributed by atoms with E-state index in [0.29, 0.717) is 0 Å². The molecule has 1 atom stereocenters. The summed E-state index contributed by atoms with van der Waals surface area (Å²) < 4.78 is 11.4. The minimum atomic E-state index is 0.145. The third-order valence-corrected chi connectivity index (χ3v) is 3.60. The highest BCUT2D eigenvalue weighted by molar-refractivity contribution is 5.14. The van der Waals surface area contributed by atoms with Crippen LogP contribution in [0.3, 0.4) is 0 Å². The second kappa shape index (κ2) is 7.77. The number of rotatable bonds is 7. The van der Waals surface area contributed by atoms with E-state index < -0.39 is 0 Å². The minimum absolute atomic E-state index is 0.145. The highest BCUT2D eigenvalue weighted by Gasteiger charge is 2.21. The summed E-state index contributed by atoms with van der Waals surface area (Å²) in [5, 5.41) is 3.52. The standard InChI is InChI=1S/C17H27NO2/c1-17(2,14-20-16-9-6-10-19-12-16)13-18-11-15-7-4-3-5-8-15/h3-5,7-8,16,18H,6,9-14H2,1-2H3. The Morgan fingerprint density at radius 2 is 2.10 bits per heavy atom. The van der Waals surface area contributed by atoms with Crippen LogP contribution in [-0.4, -0.2) is 32.5 Å². The van der Waals surface area contributed by atoms with Gasteiger partial charge in [0.15, 0.2) is 0 Å². The Balaban J connectivity index is 1.65. The monoisotopic (exact) mass is 277 g/mol. The highest BCUT2D eigenvalue weighted by atomic mass is 16.5. The fraction of sp³-hybridized carbons (Fsp3) is 0.647. The summed E-state index contributed by atoms with van der Waals surface area (Å²) in [6.45, 7) is 8.79. The van der Waals surface area contributed by atoms with Gasteiger partial charge in [0.25, 0.3) is 0 Å². The van der Waals surface area contributed by atoms with E-state index in [2.05, 4.69) is 43.4 Å². The zero-order chi connectivity index (χ0) is 14.3. The average molecular weight is 277 g/mol. The maximum absolute atomic E-state index is 5.99. The summed E-state index contributed by atoms with van der Waals surface area (Å²) in [5.41, 5.74) is 1.47. The molecule has 1 heterocycles. The maximum atomic E-state index is 5.99. The number of nitrogens with one attached hydrogen (secondary N) is 1. The molecule has 3 heteroatoms. The van der Waals surface area contributed by atoms with Crippen LogP contribution in [0.25, 0.3) is 0 Å². The van der Waals surface area contributed by atoms with Crippen molar-refractivity contribution in [3.63, 3.8) is 0 Å². The predicted molar refractivity (Wildman–Crippen MR) is 81.7 cm³/mol. The Bertz CT molecular complexity index is 372. The van der Waals surface area contributed by atoms with E-state index in [1.54, 1.807) is 0 Å². The largest absolute Gasteiger partial charge is 0.379 e. The topological polar surface area (TPSA) is 30.5 Å². The Morgan fingerprint density at radius 1 is 1.30 bits per heavy atom. The zero-order valence-corrected chi connectivity index (χ0v) is 12.7. The molecule has 3 nitrogen and oxygen atoms in total. The van der Waals surface area contributed by atoms with Crippen LogP contribution in [0.15, 0.2) is 30.3 Å². The van der Waals surface area contributed by atoms with Gasteiger partial charge in [-0.2, -0.15) is 0 Å². The van der Waals surface area contributed by atoms with Gasteiger partial charge in [-0.15, -0.1) is 0 Å². The molecule has 1 saturated heterocycles. The van der Waals surface area contributed by atoms with E-state index in [0.717, 1.165) is 45.8 Å². The number of ether oxygens (including phenoxy) is 2. The van der Waals surface area contributed by atoms with E-state index in [-0.39, 0.29) is 11.5 Å². The normalized spacial score (nSPS) is 20.0. The quantitative estimate of drug-likeness (QED) is 0.831. The molecule has 1 aliphatic heterocycles. The van der Waals surface area contributed by atoms with Crippen molar-refractivity contribution in [3.8, 4) is 0 Å². The predicted octanol–water partition coefficient (Wildman–Crippen LogP) is 3.00. The molecule has 1 fully saturated rings. The Morgan fingerprint density at radius 3 is 2.80 bits per heavy atom. The molecule has 112 valence electrons. The summed E-state index contributed by atoms with van der Waals surface area (Å²) >= 11 is 0. The Labute approximate surface area is 122 Å². The van der Waals surface area contributed by atoms with Gasteiger partial charge >= 0.3 is 0 Å². The molecule has 0 radical (unpaired) electrons. The van der Waals surface area contributed by atoms with Gasteiger partial charge in [0.2, 0.25) is 0 Å². The maximum Gasteiger partial charge on any atom is 0.0809 e. The first-order chi connectivity index (χ1) is 9.66. The van der Waals surface area contributed by atoms with E-state index in [9.17, 15) is 0 Å². The lowest BCUT2D eigenvalue weighted by Crippen LogP contribution is -2.36. The van der Waals surface area contributed by atoms with Crippen LogP contribution < -0.4 is 5.32 Å². The van der Waals surface area contributed by atoms with E-state index in [1.807, 2.05) is 6.07 Å². The van der Waals surface area contributed by atoms with Gasteiger partial charge in [0.1, 0.15) is 0 Å². The first-order valence-corrected chi connectivity index (χ1v) is 7.60. The summed E-state index contributed by atoms with van der Waals surface area (Å²) in [4.78, 5) is 0. The highest BCUT2D eigenvalue weighted by Crippen LogP contribution is 2.18.